The lowest BCUT2D eigenvalue weighted by molar-refractivity contribution is -0.137. The summed E-state index contributed by atoms with van der Waals surface area (Å²) in [6.45, 7) is 4.06. The maximum absolute atomic E-state index is 14.0. The number of sulfonamides is 1. The van der Waals surface area contributed by atoms with E-state index in [9.17, 15) is 31.5 Å². The monoisotopic (exact) mass is 648 g/mol. The molecule has 0 aliphatic carbocycles. The topological polar surface area (TPSA) is 139 Å². The Labute approximate surface area is 257 Å². The van der Waals surface area contributed by atoms with Crippen LogP contribution in [0.2, 0.25) is 0 Å². The van der Waals surface area contributed by atoms with E-state index in [0.717, 1.165) is 45.6 Å². The van der Waals surface area contributed by atoms with Crippen LogP contribution in [0, 0.1) is 0 Å². The highest BCUT2D eigenvalue weighted by Crippen LogP contribution is 2.48. The number of ether oxygens (including phenoxy) is 2. The molecular formula is C29H31F3N6O6S. The summed E-state index contributed by atoms with van der Waals surface area (Å²) in [6.07, 6.45) is -2.57. The lowest BCUT2D eigenvalue weighted by Gasteiger charge is -2.31. The van der Waals surface area contributed by atoms with Gasteiger partial charge in [-0.1, -0.05) is 12.1 Å². The number of nitrogens with one attached hydrogen (secondary N) is 1. The molecule has 0 amide bonds. The Kier molecular flexibility index (Phi) is 8.66. The summed E-state index contributed by atoms with van der Waals surface area (Å²) in [5.74, 6) is -0.823. The molecule has 0 radical (unpaired) electrons. The number of para-hydroxylation sites is 1. The highest BCUT2D eigenvalue weighted by atomic mass is 32.2. The number of rotatable bonds is 9. The number of benzene rings is 2. The van der Waals surface area contributed by atoms with E-state index in [1.807, 2.05) is 0 Å². The number of aromatic nitrogens is 3. The second-order valence-electron chi connectivity index (χ2n) is 10.7. The largest absolute Gasteiger partial charge is 0.494 e. The zero-order valence-corrected chi connectivity index (χ0v) is 25.7. The van der Waals surface area contributed by atoms with Gasteiger partial charge in [-0.3, -0.25) is 9.62 Å². The number of piperazine rings is 1. The van der Waals surface area contributed by atoms with Crippen LogP contribution < -0.4 is 14.2 Å². The van der Waals surface area contributed by atoms with Crippen molar-refractivity contribution in [3.05, 3.63) is 59.7 Å². The third-order valence-electron chi connectivity index (χ3n) is 7.42. The van der Waals surface area contributed by atoms with Gasteiger partial charge in [-0.05, 0) is 25.2 Å². The number of methoxy groups -OCH3 is 1. The maximum atomic E-state index is 14.0. The van der Waals surface area contributed by atoms with E-state index in [2.05, 4.69) is 31.5 Å². The van der Waals surface area contributed by atoms with Crippen LogP contribution in [0.5, 0.6) is 17.4 Å². The predicted molar refractivity (Wildman–Crippen MR) is 160 cm³/mol. The standard InChI is InChI=1S/C29H31F3N6O6S/c1-36-10-12-38(13-11-36)16-22-33-9-8-23(34-22)44-21-7-5-6-18-24(26(28(39)40)37(2)25(18)21)19-14-17(29(30,31)32)15-20(27(19)43-3)35-45(4,41)42/h5-9,14-15,35H,10-13,16H2,1-4H3,(H,39,40). The molecule has 2 aromatic heterocycles. The van der Waals surface area contributed by atoms with Gasteiger partial charge in [0.2, 0.25) is 15.9 Å². The summed E-state index contributed by atoms with van der Waals surface area (Å²) in [4.78, 5) is 26.0. The fraction of sp³-hybridized carbons (Fsp3) is 0.345. The molecule has 0 saturated carbocycles. The zero-order valence-electron chi connectivity index (χ0n) is 24.8. The van der Waals surface area contributed by atoms with Gasteiger partial charge in [-0.2, -0.15) is 18.2 Å². The van der Waals surface area contributed by atoms with Crippen molar-refractivity contribution in [2.75, 3.05) is 51.3 Å². The van der Waals surface area contributed by atoms with Crippen molar-refractivity contribution in [1.82, 2.24) is 24.3 Å². The molecule has 4 aromatic rings. The number of carboxylic acids is 1. The van der Waals surface area contributed by atoms with Gasteiger partial charge in [0.1, 0.15) is 11.5 Å². The van der Waals surface area contributed by atoms with Gasteiger partial charge >= 0.3 is 12.1 Å². The molecule has 3 heterocycles. The van der Waals surface area contributed by atoms with Crippen molar-refractivity contribution in [1.29, 1.82) is 0 Å². The lowest BCUT2D eigenvalue weighted by atomic mass is 9.97. The second kappa shape index (κ2) is 12.2. The number of alkyl halides is 3. The van der Waals surface area contributed by atoms with E-state index in [1.165, 1.54) is 17.7 Å². The average molecular weight is 649 g/mol. The normalized spacial score (nSPS) is 14.9. The van der Waals surface area contributed by atoms with E-state index in [0.29, 0.717) is 18.4 Å². The Morgan fingerprint density at radius 2 is 1.82 bits per heavy atom. The molecule has 1 aliphatic heterocycles. The van der Waals surface area contributed by atoms with Crippen molar-refractivity contribution in [2.24, 2.45) is 7.05 Å². The van der Waals surface area contributed by atoms with Crippen LogP contribution in [-0.4, -0.2) is 90.4 Å². The van der Waals surface area contributed by atoms with Crippen LogP contribution in [0.15, 0.2) is 42.6 Å². The summed E-state index contributed by atoms with van der Waals surface area (Å²) in [7, 11) is 0.599. The number of likely N-dealkylation sites (N-methyl/N-ethyl adjacent to an activating group) is 1. The number of hydrogen-bond donors (Lipinski definition) is 2. The average Bonchev–Trinajstić information content (AvgIpc) is 3.26. The first-order chi connectivity index (χ1) is 21.2. The second-order valence-corrected chi connectivity index (χ2v) is 12.5. The molecule has 2 N–H and O–H groups in total. The molecular weight excluding hydrogens is 617 g/mol. The fourth-order valence-electron chi connectivity index (χ4n) is 5.39. The summed E-state index contributed by atoms with van der Waals surface area (Å²) in [5, 5.41) is 10.5. The first-order valence-electron chi connectivity index (χ1n) is 13.7. The van der Waals surface area contributed by atoms with Crippen molar-refractivity contribution >= 4 is 32.6 Å². The number of aryl methyl sites for hydroxylation is 1. The summed E-state index contributed by atoms with van der Waals surface area (Å²) < 4.78 is 81.1. The van der Waals surface area contributed by atoms with E-state index in [4.69, 9.17) is 9.47 Å². The third-order valence-corrected chi connectivity index (χ3v) is 8.01. The molecule has 1 fully saturated rings. The van der Waals surface area contributed by atoms with Gasteiger partial charge in [-0.25, -0.2) is 18.2 Å². The van der Waals surface area contributed by atoms with Gasteiger partial charge < -0.3 is 24.0 Å². The highest BCUT2D eigenvalue weighted by Gasteiger charge is 2.35. The number of fused-ring (bicyclic) bond motifs is 1. The van der Waals surface area contributed by atoms with E-state index in [1.54, 1.807) is 24.4 Å². The number of hydrogen-bond acceptors (Lipinski definition) is 9. The Morgan fingerprint density at radius 3 is 2.44 bits per heavy atom. The van der Waals surface area contributed by atoms with Crippen LogP contribution in [-0.2, 0) is 29.8 Å². The molecule has 0 spiro atoms. The predicted octanol–water partition coefficient (Wildman–Crippen LogP) is 4.27. The molecule has 12 nitrogen and oxygen atoms in total. The van der Waals surface area contributed by atoms with Gasteiger partial charge in [0.25, 0.3) is 0 Å². The van der Waals surface area contributed by atoms with Crippen LogP contribution in [0.4, 0.5) is 18.9 Å². The van der Waals surface area contributed by atoms with Crippen molar-refractivity contribution in [3.8, 4) is 28.5 Å². The molecule has 16 heteroatoms. The SMILES string of the molecule is COc1c(NS(C)(=O)=O)cc(C(F)(F)F)cc1-c1c(C(=O)O)n(C)c2c(Oc3ccnc(CN4CCN(C)CC4)n3)cccc12. The molecule has 1 saturated heterocycles. The Balaban J connectivity index is 1.65. The van der Waals surface area contributed by atoms with Crippen molar-refractivity contribution in [3.63, 3.8) is 0 Å². The summed E-state index contributed by atoms with van der Waals surface area (Å²) in [5.41, 5.74) is -2.24. The van der Waals surface area contributed by atoms with Crippen LogP contribution in [0.1, 0.15) is 21.9 Å². The minimum atomic E-state index is -4.90. The Bertz CT molecular complexity index is 1870. The van der Waals surface area contributed by atoms with Crippen molar-refractivity contribution < 1.29 is 41.0 Å². The molecule has 2 aromatic carbocycles. The molecule has 5 rings (SSSR count). The first kappa shape index (κ1) is 32.0. The first-order valence-corrected chi connectivity index (χ1v) is 15.6. The summed E-state index contributed by atoms with van der Waals surface area (Å²) in [6, 6.07) is 7.56. The number of halogens is 3. The van der Waals surface area contributed by atoms with Crippen LogP contribution >= 0.6 is 0 Å². The Morgan fingerprint density at radius 1 is 1.11 bits per heavy atom. The van der Waals surface area contributed by atoms with E-state index < -0.39 is 33.4 Å². The Hall–Kier alpha value is -4.41. The molecule has 0 bridgehead atoms. The lowest BCUT2D eigenvalue weighted by Crippen LogP contribution is -2.44. The number of carbonyl (C=O) groups is 1. The van der Waals surface area contributed by atoms with E-state index in [-0.39, 0.29) is 45.1 Å². The minimum absolute atomic E-state index is 0.122. The quantitative estimate of drug-likeness (QED) is 0.271. The fourth-order valence-corrected chi connectivity index (χ4v) is 5.94. The van der Waals surface area contributed by atoms with Crippen molar-refractivity contribution in [2.45, 2.75) is 12.7 Å². The van der Waals surface area contributed by atoms with Gasteiger partial charge in [0.15, 0.2) is 11.5 Å². The number of nitrogens with zero attached hydrogens (tertiary/aromatic N) is 5. The molecule has 45 heavy (non-hydrogen) atoms. The highest BCUT2D eigenvalue weighted by molar-refractivity contribution is 7.92. The molecule has 1 aliphatic rings. The number of anilines is 1. The van der Waals surface area contributed by atoms with Gasteiger partial charge in [0.05, 0.1) is 36.7 Å². The van der Waals surface area contributed by atoms with Crippen LogP contribution in [0.3, 0.4) is 0 Å². The molecule has 0 unspecified atom stereocenters. The molecule has 0 atom stereocenters. The smallest absolute Gasteiger partial charge is 0.416 e. The number of carboxylic acid groups (broad SMARTS) is 1. The zero-order chi connectivity index (χ0) is 32.7. The minimum Gasteiger partial charge on any atom is -0.494 e. The van der Waals surface area contributed by atoms with Crippen LogP contribution in [0.25, 0.3) is 22.0 Å². The van der Waals surface area contributed by atoms with Gasteiger partial charge in [0, 0.05) is 62.0 Å². The van der Waals surface area contributed by atoms with E-state index >= 15 is 0 Å². The van der Waals surface area contributed by atoms with Gasteiger partial charge in [-0.15, -0.1) is 0 Å². The maximum Gasteiger partial charge on any atom is 0.416 e. The molecule has 240 valence electrons. The number of aromatic carboxylic acids is 1. The summed E-state index contributed by atoms with van der Waals surface area (Å²) >= 11 is 0. The third kappa shape index (κ3) is 6.82.